The first-order valence-electron chi connectivity index (χ1n) is 9.35. The van der Waals surface area contributed by atoms with Gasteiger partial charge in [0.05, 0.1) is 7.11 Å². The van der Waals surface area contributed by atoms with E-state index in [4.69, 9.17) is 21.1 Å². The van der Waals surface area contributed by atoms with Gasteiger partial charge in [-0.15, -0.1) is 0 Å². The summed E-state index contributed by atoms with van der Waals surface area (Å²) < 4.78 is 14.3. The van der Waals surface area contributed by atoms with Gasteiger partial charge in [-0.2, -0.15) is 0 Å². The van der Waals surface area contributed by atoms with E-state index in [1.54, 1.807) is 11.8 Å². The summed E-state index contributed by atoms with van der Waals surface area (Å²) in [5.74, 6) is 1.90. The van der Waals surface area contributed by atoms with Crippen LogP contribution in [0.15, 0.2) is 40.9 Å². The Kier molecular flexibility index (Phi) is 7.71. The van der Waals surface area contributed by atoms with Crippen LogP contribution in [-0.4, -0.2) is 27.3 Å². The number of aryl methyl sites for hydroxylation is 1. The zero-order valence-electron chi connectivity index (χ0n) is 16.4. The number of hydrogen-bond donors (Lipinski definition) is 1. The highest BCUT2D eigenvalue weighted by Crippen LogP contribution is 2.37. The Hall–Kier alpha value is -2.32. The Morgan fingerprint density at radius 3 is 2.79 bits per heavy atom. The molecule has 154 valence electrons. The monoisotopic (exact) mass is 479 g/mol. The van der Waals surface area contributed by atoms with Crippen molar-refractivity contribution in [2.75, 3.05) is 12.4 Å². The number of rotatable bonds is 10. The van der Waals surface area contributed by atoms with Crippen LogP contribution in [0.5, 0.6) is 11.5 Å². The Balaban J connectivity index is 1.80. The minimum Gasteiger partial charge on any atom is -0.493 e. The number of nitrogens with zero attached hydrogens (tertiary/aromatic N) is 4. The largest absolute Gasteiger partial charge is 0.493 e. The van der Waals surface area contributed by atoms with Crippen LogP contribution in [0.3, 0.4) is 0 Å². The van der Waals surface area contributed by atoms with E-state index in [0.29, 0.717) is 35.6 Å². The van der Waals surface area contributed by atoms with Gasteiger partial charge in [0.25, 0.3) is 0 Å². The van der Waals surface area contributed by atoms with Crippen LogP contribution in [0.1, 0.15) is 30.9 Å². The molecule has 0 spiro atoms. The Morgan fingerprint density at radius 1 is 1.21 bits per heavy atom. The number of halogens is 2. The van der Waals surface area contributed by atoms with Gasteiger partial charge in [-0.25, -0.2) is 4.68 Å². The summed E-state index contributed by atoms with van der Waals surface area (Å²) in [5, 5.41) is 15.8. The van der Waals surface area contributed by atoms with E-state index in [-0.39, 0.29) is 0 Å². The van der Waals surface area contributed by atoms with Crippen LogP contribution in [0.2, 0.25) is 5.02 Å². The third-order valence-corrected chi connectivity index (χ3v) is 5.51. The second kappa shape index (κ2) is 10.5. The summed E-state index contributed by atoms with van der Waals surface area (Å²) in [4.78, 5) is 0. The lowest BCUT2D eigenvalue weighted by molar-refractivity contribution is 0.281. The van der Waals surface area contributed by atoms with Crippen LogP contribution in [0.25, 0.3) is 0 Å². The van der Waals surface area contributed by atoms with Crippen molar-refractivity contribution in [3.8, 4) is 11.5 Å². The Morgan fingerprint density at radius 2 is 2.03 bits per heavy atom. The van der Waals surface area contributed by atoms with E-state index >= 15 is 0 Å². The van der Waals surface area contributed by atoms with Gasteiger partial charge < -0.3 is 14.8 Å². The summed E-state index contributed by atoms with van der Waals surface area (Å²) in [6.07, 6.45) is 2.08. The normalized spacial score (nSPS) is 10.8. The molecule has 0 aliphatic carbocycles. The molecule has 0 bridgehead atoms. The zero-order chi connectivity index (χ0) is 20.6. The molecule has 0 fully saturated rings. The summed E-state index contributed by atoms with van der Waals surface area (Å²) in [6, 6.07) is 11.4. The number of nitrogens with one attached hydrogen (secondary N) is 1. The SMILES string of the molecule is CCCCn1nnnc1NCc1c(Br)ccc(OC)c1OCc1ccccc1Cl. The van der Waals surface area contributed by atoms with E-state index in [1.165, 1.54) is 0 Å². The molecule has 3 aromatic rings. The highest BCUT2D eigenvalue weighted by atomic mass is 79.9. The summed E-state index contributed by atoms with van der Waals surface area (Å²) >= 11 is 9.88. The molecule has 1 aromatic heterocycles. The van der Waals surface area contributed by atoms with E-state index in [2.05, 4.69) is 43.7 Å². The van der Waals surface area contributed by atoms with E-state index < -0.39 is 0 Å². The van der Waals surface area contributed by atoms with Crippen LogP contribution in [0, 0.1) is 0 Å². The maximum atomic E-state index is 6.27. The molecule has 7 nitrogen and oxygen atoms in total. The van der Waals surface area contributed by atoms with Crippen molar-refractivity contribution in [3.05, 3.63) is 57.0 Å². The predicted octanol–water partition coefficient (Wildman–Crippen LogP) is 5.09. The van der Waals surface area contributed by atoms with Crippen LogP contribution in [0.4, 0.5) is 5.95 Å². The molecular weight excluding hydrogens is 458 g/mol. The first-order valence-corrected chi connectivity index (χ1v) is 10.5. The zero-order valence-corrected chi connectivity index (χ0v) is 18.7. The van der Waals surface area contributed by atoms with Gasteiger partial charge in [0.15, 0.2) is 11.5 Å². The van der Waals surface area contributed by atoms with Gasteiger partial charge in [0.2, 0.25) is 5.95 Å². The smallest absolute Gasteiger partial charge is 0.243 e. The molecule has 0 atom stereocenters. The maximum absolute atomic E-state index is 6.27. The molecule has 0 aliphatic rings. The third kappa shape index (κ3) is 5.39. The number of ether oxygens (including phenoxy) is 2. The molecule has 0 unspecified atom stereocenters. The van der Waals surface area contributed by atoms with Crippen molar-refractivity contribution >= 4 is 33.5 Å². The molecule has 0 aliphatic heterocycles. The number of methoxy groups -OCH3 is 1. The quantitative estimate of drug-likeness (QED) is 0.436. The lowest BCUT2D eigenvalue weighted by atomic mass is 10.1. The molecule has 1 N–H and O–H groups in total. The molecular formula is C20H23BrClN5O2. The van der Waals surface area contributed by atoms with Crippen molar-refractivity contribution in [2.45, 2.75) is 39.5 Å². The second-order valence-corrected chi connectivity index (χ2v) is 7.63. The topological polar surface area (TPSA) is 74.1 Å². The second-order valence-electron chi connectivity index (χ2n) is 6.37. The number of unbranched alkanes of at least 4 members (excludes halogenated alkanes) is 1. The summed E-state index contributed by atoms with van der Waals surface area (Å²) in [5.41, 5.74) is 1.81. The van der Waals surface area contributed by atoms with Gasteiger partial charge in [-0.05, 0) is 35.0 Å². The molecule has 9 heteroatoms. The maximum Gasteiger partial charge on any atom is 0.243 e. The van der Waals surface area contributed by atoms with Crippen LogP contribution in [-0.2, 0) is 19.7 Å². The Labute approximate surface area is 183 Å². The molecule has 0 amide bonds. The van der Waals surface area contributed by atoms with Crippen molar-refractivity contribution in [1.82, 2.24) is 20.2 Å². The van der Waals surface area contributed by atoms with Crippen LogP contribution >= 0.6 is 27.5 Å². The van der Waals surface area contributed by atoms with Crippen molar-refractivity contribution in [2.24, 2.45) is 0 Å². The van der Waals surface area contributed by atoms with Gasteiger partial charge in [0, 0.05) is 33.7 Å². The van der Waals surface area contributed by atoms with Crippen molar-refractivity contribution in [3.63, 3.8) is 0 Å². The number of anilines is 1. The van der Waals surface area contributed by atoms with Gasteiger partial charge in [-0.3, -0.25) is 0 Å². The lowest BCUT2D eigenvalue weighted by Crippen LogP contribution is -2.11. The number of aromatic nitrogens is 4. The molecule has 3 rings (SSSR count). The first-order chi connectivity index (χ1) is 14.1. The fourth-order valence-electron chi connectivity index (χ4n) is 2.79. The van der Waals surface area contributed by atoms with E-state index in [0.717, 1.165) is 35.0 Å². The number of benzene rings is 2. The minimum atomic E-state index is 0.327. The van der Waals surface area contributed by atoms with Crippen molar-refractivity contribution < 1.29 is 9.47 Å². The molecule has 0 radical (unpaired) electrons. The minimum absolute atomic E-state index is 0.327. The molecule has 0 saturated heterocycles. The standard InChI is InChI=1S/C20H23BrClN5O2/c1-3-4-11-27-20(24-25-26-27)23-12-15-16(21)9-10-18(28-2)19(15)29-13-14-7-5-6-8-17(14)22/h5-10H,3-4,11-13H2,1-2H3,(H,23,24,26). The Bertz CT molecular complexity index is 950. The predicted molar refractivity (Wildman–Crippen MR) is 117 cm³/mol. The van der Waals surface area contributed by atoms with Gasteiger partial charge >= 0.3 is 0 Å². The molecule has 29 heavy (non-hydrogen) atoms. The third-order valence-electron chi connectivity index (χ3n) is 4.40. The highest BCUT2D eigenvalue weighted by Gasteiger charge is 2.16. The van der Waals surface area contributed by atoms with Crippen LogP contribution < -0.4 is 14.8 Å². The van der Waals surface area contributed by atoms with Gasteiger partial charge in [0.1, 0.15) is 6.61 Å². The van der Waals surface area contributed by atoms with Crippen molar-refractivity contribution in [1.29, 1.82) is 0 Å². The molecule has 0 saturated carbocycles. The van der Waals surface area contributed by atoms with E-state index in [1.807, 2.05) is 36.4 Å². The average molecular weight is 481 g/mol. The highest BCUT2D eigenvalue weighted by molar-refractivity contribution is 9.10. The first kappa shape index (κ1) is 21.4. The lowest BCUT2D eigenvalue weighted by Gasteiger charge is -2.17. The fraction of sp³-hybridized carbons (Fsp3) is 0.350. The number of hydrogen-bond acceptors (Lipinski definition) is 6. The van der Waals surface area contributed by atoms with Gasteiger partial charge in [-0.1, -0.05) is 64.2 Å². The molecule has 1 heterocycles. The number of tetrazole rings is 1. The fourth-order valence-corrected chi connectivity index (χ4v) is 3.43. The van der Waals surface area contributed by atoms with E-state index in [9.17, 15) is 0 Å². The summed E-state index contributed by atoms with van der Waals surface area (Å²) in [6.45, 7) is 3.68. The molecule has 2 aromatic carbocycles. The summed E-state index contributed by atoms with van der Waals surface area (Å²) in [7, 11) is 1.62. The average Bonchev–Trinajstić information content (AvgIpc) is 3.18.